The molecule has 180 valence electrons. The van der Waals surface area contributed by atoms with Gasteiger partial charge in [0.25, 0.3) is 0 Å². The quantitative estimate of drug-likeness (QED) is 0.433. The lowest BCUT2D eigenvalue weighted by Gasteiger charge is -2.15. The zero-order chi connectivity index (χ0) is 24.8. The van der Waals surface area contributed by atoms with Gasteiger partial charge in [-0.05, 0) is 44.7 Å². The molecule has 4 heteroatoms. The summed E-state index contributed by atoms with van der Waals surface area (Å²) in [4.78, 5) is 7.48. The first-order chi connectivity index (χ1) is 14.8. The lowest BCUT2D eigenvalue weighted by atomic mass is 9.91. The molecule has 0 bridgehead atoms. The molecule has 0 spiro atoms. The first kappa shape index (κ1) is 34.0. The Morgan fingerprint density at radius 1 is 0.839 bits per heavy atom. The Kier molecular flexibility index (Phi) is 25.3. The zero-order valence-corrected chi connectivity index (χ0v) is 23.0. The number of hydrogen-bond donors (Lipinski definition) is 1. The molecule has 3 rings (SSSR count). The fraction of sp³-hybridized carbons (Fsp3) is 0.630. The largest absolute Gasteiger partial charge is 0.368 e. The van der Waals surface area contributed by atoms with Crippen LogP contribution in [-0.2, 0) is 0 Å². The predicted molar refractivity (Wildman–Crippen MR) is 143 cm³/mol. The molecule has 1 aromatic carbocycles. The van der Waals surface area contributed by atoms with Gasteiger partial charge in [-0.1, -0.05) is 116 Å². The van der Waals surface area contributed by atoms with Crippen LogP contribution in [0.1, 0.15) is 103 Å². The van der Waals surface area contributed by atoms with Gasteiger partial charge < -0.3 is 5.73 Å². The van der Waals surface area contributed by atoms with Crippen molar-refractivity contribution in [3.63, 3.8) is 0 Å². The first-order valence-corrected chi connectivity index (χ1v) is 12.5. The molecule has 0 atom stereocenters. The predicted octanol–water partition coefficient (Wildman–Crippen LogP) is 9.30. The van der Waals surface area contributed by atoms with E-state index in [1.807, 2.05) is 41.5 Å². The van der Waals surface area contributed by atoms with Gasteiger partial charge in [-0.25, -0.2) is 9.97 Å². The van der Waals surface area contributed by atoms with Crippen molar-refractivity contribution in [2.24, 2.45) is 5.92 Å². The molecule has 0 amide bonds. The lowest BCUT2D eigenvalue weighted by molar-refractivity contribution is 0.385. The normalized spacial score (nSPS) is 11.9. The summed E-state index contributed by atoms with van der Waals surface area (Å²) in [6.07, 6.45) is 8.92. The number of aryl methyl sites for hydroxylation is 4. The van der Waals surface area contributed by atoms with Gasteiger partial charge in [-0.15, -0.1) is 0 Å². The van der Waals surface area contributed by atoms with Gasteiger partial charge in [0.05, 0.1) is 16.9 Å². The number of anilines is 1. The van der Waals surface area contributed by atoms with Crippen LogP contribution in [0.15, 0.2) is 24.4 Å². The Labute approximate surface area is 199 Å². The van der Waals surface area contributed by atoms with E-state index in [2.05, 4.69) is 55.9 Å². The van der Waals surface area contributed by atoms with Crippen molar-refractivity contribution < 1.29 is 0 Å². The van der Waals surface area contributed by atoms with Crippen molar-refractivity contribution in [2.45, 2.75) is 108 Å². The summed E-state index contributed by atoms with van der Waals surface area (Å²) in [5.74, 6) is 1.30. The van der Waals surface area contributed by atoms with Crippen LogP contribution in [0.2, 0.25) is 5.02 Å². The number of halogens is 1. The average molecular weight is 452 g/mol. The number of rotatable bonds is 0. The molecule has 3 nitrogen and oxygen atoms in total. The molecule has 1 fully saturated rings. The number of hydrogen-bond acceptors (Lipinski definition) is 3. The second kappa shape index (κ2) is 23.1. The topological polar surface area (TPSA) is 51.8 Å². The summed E-state index contributed by atoms with van der Waals surface area (Å²) < 4.78 is 0. The molecule has 0 radical (unpaired) electrons. The molecule has 0 aliphatic heterocycles. The lowest BCUT2D eigenvalue weighted by Crippen LogP contribution is -1.99. The third-order valence-electron chi connectivity index (χ3n) is 4.49. The number of nitrogens with two attached hydrogens (primary N) is 1. The number of nitrogens with zero attached hydrogens (tertiary/aromatic N) is 2. The maximum absolute atomic E-state index is 5.60. The molecule has 1 saturated carbocycles. The second-order valence-electron chi connectivity index (χ2n) is 6.99. The molecule has 31 heavy (non-hydrogen) atoms. The maximum Gasteiger partial charge on any atom is 0.220 e. The van der Waals surface area contributed by atoms with E-state index < -0.39 is 0 Å². The van der Waals surface area contributed by atoms with E-state index in [1.165, 1.54) is 55.0 Å². The van der Waals surface area contributed by atoms with Crippen molar-refractivity contribution >= 4 is 17.5 Å². The Bertz CT molecular complexity index is 601. The molecule has 1 aromatic heterocycles. The molecule has 2 N–H and O–H groups in total. The van der Waals surface area contributed by atoms with Crippen molar-refractivity contribution in [3.8, 4) is 0 Å². The second-order valence-corrected chi connectivity index (χ2v) is 7.40. The molecule has 1 aliphatic carbocycles. The Morgan fingerprint density at radius 3 is 1.68 bits per heavy atom. The fourth-order valence-electron chi connectivity index (χ4n) is 2.67. The third kappa shape index (κ3) is 18.8. The number of benzene rings is 1. The van der Waals surface area contributed by atoms with Crippen molar-refractivity contribution in [1.29, 1.82) is 0 Å². The smallest absolute Gasteiger partial charge is 0.220 e. The standard InChI is InChI=1S/C9H12.C7H14.C5H6ClN3.3C2H6/c1-7-4-5-8(2)9(3)6-7;1-7-5-3-2-4-6-7;1-3-4(6)2-8-5(7)9-3;3*1-2/h4-6H,1-3H3;7H,2-6H2,1H3;2H,1H3,(H2,7,8,9);3*1-2H3. The van der Waals surface area contributed by atoms with Crippen molar-refractivity contribution in [1.82, 2.24) is 9.97 Å². The van der Waals surface area contributed by atoms with E-state index in [9.17, 15) is 0 Å². The van der Waals surface area contributed by atoms with Crippen LogP contribution in [0.3, 0.4) is 0 Å². The maximum atomic E-state index is 5.60. The Morgan fingerprint density at radius 2 is 1.35 bits per heavy atom. The van der Waals surface area contributed by atoms with Gasteiger partial charge in [0.1, 0.15) is 0 Å². The zero-order valence-electron chi connectivity index (χ0n) is 22.3. The van der Waals surface area contributed by atoms with E-state index in [4.69, 9.17) is 17.3 Å². The van der Waals surface area contributed by atoms with Crippen LogP contribution in [0.25, 0.3) is 0 Å². The molecule has 0 unspecified atom stereocenters. The summed E-state index contributed by atoms with van der Waals surface area (Å²) in [5.41, 5.74) is 10.1. The molecular weight excluding hydrogens is 402 g/mol. The molecule has 1 aliphatic rings. The molecule has 2 aromatic rings. The van der Waals surface area contributed by atoms with E-state index in [1.54, 1.807) is 6.92 Å². The minimum atomic E-state index is 0.261. The van der Waals surface area contributed by atoms with Gasteiger partial charge in [0.2, 0.25) is 5.95 Å². The summed E-state index contributed by atoms with van der Waals surface area (Å²) in [6, 6.07) is 6.50. The minimum absolute atomic E-state index is 0.261. The van der Waals surface area contributed by atoms with Gasteiger partial charge in [0.15, 0.2) is 0 Å². The Balaban J connectivity index is -0.000000340. The van der Waals surface area contributed by atoms with Gasteiger partial charge in [-0.2, -0.15) is 0 Å². The highest BCUT2D eigenvalue weighted by Crippen LogP contribution is 2.22. The Hall–Kier alpha value is -1.61. The summed E-state index contributed by atoms with van der Waals surface area (Å²) in [5, 5.41) is 0.546. The highest BCUT2D eigenvalue weighted by molar-refractivity contribution is 6.31. The molecule has 1 heterocycles. The summed E-state index contributed by atoms with van der Waals surface area (Å²) >= 11 is 5.60. The average Bonchev–Trinajstić information content (AvgIpc) is 2.79. The van der Waals surface area contributed by atoms with Gasteiger partial charge in [0, 0.05) is 0 Å². The summed E-state index contributed by atoms with van der Waals surface area (Å²) in [6.45, 7) is 22.5. The van der Waals surface area contributed by atoms with Crippen LogP contribution >= 0.6 is 11.6 Å². The fourth-order valence-corrected chi connectivity index (χ4v) is 2.76. The summed E-state index contributed by atoms with van der Waals surface area (Å²) in [7, 11) is 0. The van der Waals surface area contributed by atoms with E-state index in [0.29, 0.717) is 10.7 Å². The van der Waals surface area contributed by atoms with E-state index in [-0.39, 0.29) is 5.95 Å². The minimum Gasteiger partial charge on any atom is -0.368 e. The SMILES string of the molecule is CC.CC.CC.CC1CCCCC1.Cc1ccc(C)c(C)c1.Cc1nc(N)ncc1Cl. The van der Waals surface area contributed by atoms with Gasteiger partial charge >= 0.3 is 0 Å². The van der Waals surface area contributed by atoms with Crippen LogP contribution < -0.4 is 5.73 Å². The van der Waals surface area contributed by atoms with E-state index in [0.717, 1.165) is 5.92 Å². The van der Waals surface area contributed by atoms with Crippen molar-refractivity contribution in [3.05, 3.63) is 51.8 Å². The van der Waals surface area contributed by atoms with Crippen LogP contribution in [0.4, 0.5) is 5.95 Å². The van der Waals surface area contributed by atoms with Crippen LogP contribution in [0, 0.1) is 33.6 Å². The number of aromatic nitrogens is 2. The number of nitrogen functional groups attached to an aromatic ring is 1. The highest BCUT2D eigenvalue weighted by Gasteiger charge is 2.05. The highest BCUT2D eigenvalue weighted by atomic mass is 35.5. The monoisotopic (exact) mass is 451 g/mol. The van der Waals surface area contributed by atoms with Crippen molar-refractivity contribution in [2.75, 3.05) is 5.73 Å². The van der Waals surface area contributed by atoms with E-state index >= 15 is 0 Å². The van der Waals surface area contributed by atoms with Crippen LogP contribution in [-0.4, -0.2) is 9.97 Å². The van der Waals surface area contributed by atoms with Crippen LogP contribution in [0.5, 0.6) is 0 Å². The van der Waals surface area contributed by atoms with Gasteiger partial charge in [-0.3, -0.25) is 0 Å². The molecule has 0 saturated heterocycles. The third-order valence-corrected chi connectivity index (χ3v) is 4.87. The molecular formula is C27H50ClN3. The first-order valence-electron chi connectivity index (χ1n) is 12.1.